The topological polar surface area (TPSA) is 51.8 Å². The van der Waals surface area contributed by atoms with Crippen LogP contribution in [0.25, 0.3) is 78.4 Å². The molecule has 0 amide bonds. The summed E-state index contributed by atoms with van der Waals surface area (Å²) in [6.45, 7) is 0. The summed E-state index contributed by atoms with van der Waals surface area (Å²) in [5, 5.41) is 2.15. The van der Waals surface area contributed by atoms with Gasteiger partial charge in [-0.05, 0) is 68.8 Å². The van der Waals surface area contributed by atoms with E-state index in [4.69, 9.17) is 19.4 Å². The fourth-order valence-electron chi connectivity index (χ4n) is 8.65. The van der Waals surface area contributed by atoms with Gasteiger partial charge in [0.1, 0.15) is 11.2 Å². The summed E-state index contributed by atoms with van der Waals surface area (Å²) < 4.78 is 6.32. The summed E-state index contributed by atoms with van der Waals surface area (Å²) in [6, 6.07) is 70.5. The fraction of sp³-hybridized carbons (Fsp3) is 0.0192. The van der Waals surface area contributed by atoms with Gasteiger partial charge in [-0.2, -0.15) is 0 Å². The van der Waals surface area contributed by atoms with Gasteiger partial charge in [0, 0.05) is 27.5 Å². The molecule has 0 spiro atoms. The zero-order valence-corrected chi connectivity index (χ0v) is 30.3. The predicted octanol–water partition coefficient (Wildman–Crippen LogP) is 12.8. The highest BCUT2D eigenvalue weighted by Gasteiger charge is 2.46. The molecular formula is C52H33N3O. The van der Waals surface area contributed by atoms with Gasteiger partial charge < -0.3 is 4.42 Å². The van der Waals surface area contributed by atoms with E-state index in [0.29, 0.717) is 17.5 Å². The van der Waals surface area contributed by atoms with Crippen LogP contribution in [0.4, 0.5) is 0 Å². The maximum atomic E-state index is 6.32. The Morgan fingerprint density at radius 1 is 0.321 bits per heavy atom. The molecule has 2 heterocycles. The first-order valence-electron chi connectivity index (χ1n) is 18.9. The van der Waals surface area contributed by atoms with E-state index in [0.717, 1.165) is 49.8 Å². The van der Waals surface area contributed by atoms with Crippen LogP contribution in [0, 0.1) is 0 Å². The minimum atomic E-state index is -0.539. The van der Waals surface area contributed by atoms with Crippen LogP contribution in [-0.2, 0) is 5.41 Å². The second-order valence-electron chi connectivity index (χ2n) is 14.3. The van der Waals surface area contributed by atoms with E-state index in [9.17, 15) is 0 Å². The number of hydrogen-bond acceptors (Lipinski definition) is 4. The molecule has 0 N–H and O–H groups in total. The number of rotatable bonds is 6. The largest absolute Gasteiger partial charge is 0.456 e. The Kier molecular flexibility index (Phi) is 7.36. The Labute approximate surface area is 324 Å². The molecule has 0 atom stereocenters. The van der Waals surface area contributed by atoms with Gasteiger partial charge in [0.25, 0.3) is 0 Å². The second kappa shape index (κ2) is 12.9. The molecule has 56 heavy (non-hydrogen) atoms. The van der Waals surface area contributed by atoms with Crippen molar-refractivity contribution in [1.82, 2.24) is 15.0 Å². The lowest BCUT2D eigenvalue weighted by Crippen LogP contribution is -2.28. The Bertz CT molecular complexity index is 3020. The smallest absolute Gasteiger partial charge is 0.164 e. The van der Waals surface area contributed by atoms with Gasteiger partial charge in [-0.15, -0.1) is 0 Å². The lowest BCUT2D eigenvalue weighted by Gasteiger charge is -2.34. The Hall–Kier alpha value is -7.43. The van der Waals surface area contributed by atoms with Gasteiger partial charge >= 0.3 is 0 Å². The van der Waals surface area contributed by atoms with Crippen molar-refractivity contribution in [2.75, 3.05) is 0 Å². The lowest BCUT2D eigenvalue weighted by molar-refractivity contribution is 0.669. The monoisotopic (exact) mass is 715 g/mol. The van der Waals surface area contributed by atoms with Crippen LogP contribution in [0.1, 0.15) is 22.3 Å². The number of fused-ring (bicyclic) bond motifs is 6. The summed E-state index contributed by atoms with van der Waals surface area (Å²) in [7, 11) is 0. The summed E-state index contributed by atoms with van der Waals surface area (Å²) in [5.74, 6) is 1.80. The standard InChI is InChI=1S/C52H33N3O/c1-4-14-34(15-5-1)35-24-26-36(27-25-35)49-53-50(55-51(54-49)38-29-31-44-43-21-11-13-23-47(43)56-48(44)33-38)37-28-30-42-41-20-10-12-22-45(41)52(46(42)32-37,39-16-6-2-7-17-39)40-18-8-3-9-19-40/h1-33H. The van der Waals surface area contributed by atoms with Crippen molar-refractivity contribution in [1.29, 1.82) is 0 Å². The number of benzene rings is 8. The first kappa shape index (κ1) is 32.0. The molecule has 0 radical (unpaired) electrons. The van der Waals surface area contributed by atoms with E-state index in [1.165, 1.54) is 33.4 Å². The molecule has 0 bridgehead atoms. The average Bonchev–Trinajstić information content (AvgIpc) is 3.80. The third-order valence-electron chi connectivity index (χ3n) is 11.2. The van der Waals surface area contributed by atoms with Crippen molar-refractivity contribution >= 4 is 21.9 Å². The first-order valence-corrected chi connectivity index (χ1v) is 18.9. The van der Waals surface area contributed by atoms with Gasteiger partial charge in [0.2, 0.25) is 0 Å². The summed E-state index contributed by atoms with van der Waals surface area (Å²) >= 11 is 0. The molecule has 0 saturated carbocycles. The fourth-order valence-corrected chi connectivity index (χ4v) is 8.65. The Morgan fingerprint density at radius 2 is 0.804 bits per heavy atom. The lowest BCUT2D eigenvalue weighted by atomic mass is 9.67. The highest BCUT2D eigenvalue weighted by Crippen LogP contribution is 2.56. The van der Waals surface area contributed by atoms with Crippen molar-refractivity contribution in [2.45, 2.75) is 5.41 Å². The molecule has 4 heteroatoms. The van der Waals surface area contributed by atoms with Crippen LogP contribution in [0.2, 0.25) is 0 Å². The number of furan rings is 1. The molecule has 10 aromatic rings. The number of hydrogen-bond donors (Lipinski definition) is 0. The molecule has 1 aliphatic carbocycles. The molecule has 4 nitrogen and oxygen atoms in total. The molecule has 0 aliphatic heterocycles. The van der Waals surface area contributed by atoms with Crippen molar-refractivity contribution in [3.8, 4) is 56.4 Å². The number of nitrogens with zero attached hydrogens (tertiary/aromatic N) is 3. The van der Waals surface area contributed by atoms with Crippen molar-refractivity contribution in [3.63, 3.8) is 0 Å². The molecule has 8 aromatic carbocycles. The van der Waals surface area contributed by atoms with Crippen LogP contribution in [-0.4, -0.2) is 15.0 Å². The van der Waals surface area contributed by atoms with Crippen molar-refractivity contribution < 1.29 is 4.42 Å². The van der Waals surface area contributed by atoms with Crippen LogP contribution < -0.4 is 0 Å². The van der Waals surface area contributed by atoms with Crippen LogP contribution >= 0.6 is 0 Å². The minimum absolute atomic E-state index is 0.539. The van der Waals surface area contributed by atoms with Crippen LogP contribution in [0.3, 0.4) is 0 Å². The summed E-state index contributed by atoms with van der Waals surface area (Å²) in [6.07, 6.45) is 0. The molecule has 2 aromatic heterocycles. The van der Waals surface area contributed by atoms with Gasteiger partial charge in [-0.25, -0.2) is 15.0 Å². The molecule has 11 rings (SSSR count). The first-order chi connectivity index (χ1) is 27.7. The van der Waals surface area contributed by atoms with E-state index in [2.05, 4.69) is 170 Å². The van der Waals surface area contributed by atoms with E-state index in [1.54, 1.807) is 0 Å². The zero-order chi connectivity index (χ0) is 37.1. The maximum Gasteiger partial charge on any atom is 0.164 e. The van der Waals surface area contributed by atoms with Gasteiger partial charge in [-0.1, -0.05) is 176 Å². The Balaban J connectivity index is 1.12. The van der Waals surface area contributed by atoms with Crippen LogP contribution in [0.5, 0.6) is 0 Å². The van der Waals surface area contributed by atoms with Gasteiger partial charge in [0.15, 0.2) is 17.5 Å². The number of para-hydroxylation sites is 1. The van der Waals surface area contributed by atoms with E-state index in [1.807, 2.05) is 30.3 Å². The highest BCUT2D eigenvalue weighted by atomic mass is 16.3. The average molecular weight is 716 g/mol. The van der Waals surface area contributed by atoms with Crippen LogP contribution in [0.15, 0.2) is 205 Å². The molecule has 0 saturated heterocycles. The Morgan fingerprint density at radius 3 is 1.52 bits per heavy atom. The normalized spacial score (nSPS) is 12.8. The molecule has 0 fully saturated rings. The van der Waals surface area contributed by atoms with E-state index >= 15 is 0 Å². The number of aromatic nitrogens is 3. The summed E-state index contributed by atoms with van der Waals surface area (Å²) in [4.78, 5) is 15.6. The van der Waals surface area contributed by atoms with Crippen molar-refractivity contribution in [3.05, 3.63) is 222 Å². The highest BCUT2D eigenvalue weighted by molar-refractivity contribution is 6.05. The third-order valence-corrected chi connectivity index (χ3v) is 11.2. The van der Waals surface area contributed by atoms with E-state index in [-0.39, 0.29) is 0 Å². The SMILES string of the molecule is c1ccc(-c2ccc(-c3nc(-c4ccc5c(c4)C(c4ccccc4)(c4ccccc4)c4ccccc4-5)nc(-c4ccc5c(c4)oc4ccccc45)n3)cc2)cc1. The predicted molar refractivity (Wildman–Crippen MR) is 226 cm³/mol. The zero-order valence-electron chi connectivity index (χ0n) is 30.3. The van der Waals surface area contributed by atoms with E-state index < -0.39 is 5.41 Å². The molecular weight excluding hydrogens is 683 g/mol. The minimum Gasteiger partial charge on any atom is -0.456 e. The van der Waals surface area contributed by atoms with Gasteiger partial charge in [0.05, 0.1) is 5.41 Å². The summed E-state index contributed by atoms with van der Waals surface area (Å²) in [5.41, 5.74) is 13.4. The molecule has 0 unspecified atom stereocenters. The van der Waals surface area contributed by atoms with Gasteiger partial charge in [-0.3, -0.25) is 0 Å². The quantitative estimate of drug-likeness (QED) is 0.172. The third kappa shape index (κ3) is 5.04. The molecule has 262 valence electrons. The second-order valence-corrected chi connectivity index (χ2v) is 14.3. The van der Waals surface area contributed by atoms with Crippen molar-refractivity contribution in [2.24, 2.45) is 0 Å². The maximum absolute atomic E-state index is 6.32. The molecule has 1 aliphatic rings.